The van der Waals surface area contributed by atoms with Crippen molar-refractivity contribution in [1.29, 1.82) is 0 Å². The van der Waals surface area contributed by atoms with Crippen molar-refractivity contribution < 1.29 is 14.6 Å². The van der Waals surface area contributed by atoms with Gasteiger partial charge in [-0.2, -0.15) is 0 Å². The van der Waals surface area contributed by atoms with Gasteiger partial charge in [0.05, 0.1) is 12.2 Å². The third kappa shape index (κ3) is 5.54. The highest BCUT2D eigenvalue weighted by molar-refractivity contribution is 8.00. The first kappa shape index (κ1) is 21.2. The quantitative estimate of drug-likeness (QED) is 0.761. The molecule has 2 N–H and O–H groups in total. The molecule has 158 valence electrons. The van der Waals surface area contributed by atoms with Crippen molar-refractivity contribution in [2.24, 2.45) is 0 Å². The number of piperazine rings is 1. The van der Waals surface area contributed by atoms with Crippen LogP contribution < -0.4 is 14.7 Å². The first-order valence-electron chi connectivity index (χ1n) is 11.1. The van der Waals surface area contributed by atoms with E-state index < -0.39 is 0 Å². The van der Waals surface area contributed by atoms with E-state index in [1.165, 1.54) is 15.4 Å². The van der Waals surface area contributed by atoms with Gasteiger partial charge in [-0.3, -0.25) is 4.79 Å². The van der Waals surface area contributed by atoms with Crippen molar-refractivity contribution in [3.05, 3.63) is 66.2 Å². The zero-order chi connectivity index (χ0) is 20.8. The molecule has 0 spiro atoms. The summed E-state index contributed by atoms with van der Waals surface area (Å²) in [7, 11) is 0. The number of hydrogen-bond acceptors (Lipinski definition) is 2. The molecule has 0 bridgehead atoms. The van der Waals surface area contributed by atoms with E-state index in [2.05, 4.69) is 67.6 Å². The summed E-state index contributed by atoms with van der Waals surface area (Å²) in [5.41, 5.74) is 2.36. The number of nitrogens with one attached hydrogen (secondary N) is 2. The summed E-state index contributed by atoms with van der Waals surface area (Å²) in [6.45, 7) is 9.16. The molecule has 1 saturated heterocycles. The van der Waals surface area contributed by atoms with E-state index in [0.717, 1.165) is 51.4 Å². The Labute approximate surface area is 184 Å². The molecule has 4 nitrogen and oxygen atoms in total. The summed E-state index contributed by atoms with van der Waals surface area (Å²) in [5, 5.41) is 0.549. The van der Waals surface area contributed by atoms with Crippen LogP contribution >= 0.6 is 11.8 Å². The van der Waals surface area contributed by atoms with Crippen LogP contribution in [0, 0.1) is 0 Å². The lowest BCUT2D eigenvalue weighted by atomic mass is 10.2. The summed E-state index contributed by atoms with van der Waals surface area (Å²) in [6, 6.07) is 18.9. The van der Waals surface area contributed by atoms with Gasteiger partial charge in [0.1, 0.15) is 26.2 Å². The lowest BCUT2D eigenvalue weighted by molar-refractivity contribution is -1.01. The lowest BCUT2D eigenvalue weighted by Crippen LogP contribution is -3.28. The van der Waals surface area contributed by atoms with E-state index in [0.29, 0.717) is 11.8 Å². The Morgan fingerprint density at radius 2 is 1.73 bits per heavy atom. The van der Waals surface area contributed by atoms with Gasteiger partial charge in [0.25, 0.3) is 5.91 Å². The Morgan fingerprint density at radius 3 is 2.53 bits per heavy atom. The van der Waals surface area contributed by atoms with Crippen molar-refractivity contribution in [2.75, 3.05) is 50.7 Å². The predicted octanol–water partition coefficient (Wildman–Crippen LogP) is 1.40. The Bertz CT molecular complexity index is 862. The van der Waals surface area contributed by atoms with E-state index in [9.17, 15) is 4.79 Å². The first-order valence-corrected chi connectivity index (χ1v) is 12.0. The minimum absolute atomic E-state index is 0.277. The highest BCUT2D eigenvalue weighted by atomic mass is 32.2. The second-order valence-electron chi connectivity index (χ2n) is 8.42. The van der Waals surface area contributed by atoms with Gasteiger partial charge >= 0.3 is 0 Å². The maximum absolute atomic E-state index is 13.2. The molecule has 2 heterocycles. The van der Waals surface area contributed by atoms with Crippen molar-refractivity contribution in [3.8, 4) is 0 Å². The Kier molecular flexibility index (Phi) is 7.26. The fourth-order valence-electron chi connectivity index (χ4n) is 4.32. The van der Waals surface area contributed by atoms with Crippen LogP contribution in [0.25, 0.3) is 6.08 Å². The molecule has 1 fully saturated rings. The monoisotopic (exact) mass is 423 g/mol. The van der Waals surface area contributed by atoms with Gasteiger partial charge in [-0.15, -0.1) is 11.8 Å². The van der Waals surface area contributed by atoms with E-state index in [4.69, 9.17) is 0 Å². The number of fused-ring (bicyclic) bond motifs is 1. The number of thioether (sulfide) groups is 1. The number of anilines is 1. The van der Waals surface area contributed by atoms with E-state index in [-0.39, 0.29) is 5.91 Å². The molecular weight excluding hydrogens is 390 g/mol. The summed E-state index contributed by atoms with van der Waals surface area (Å²) in [4.78, 5) is 19.5. The van der Waals surface area contributed by atoms with Crippen LogP contribution in [0.1, 0.15) is 18.9 Å². The van der Waals surface area contributed by atoms with Crippen LogP contribution in [-0.2, 0) is 4.79 Å². The van der Waals surface area contributed by atoms with Crippen LogP contribution in [0.4, 0.5) is 5.69 Å². The molecule has 2 aromatic carbocycles. The zero-order valence-electron chi connectivity index (χ0n) is 17.8. The summed E-state index contributed by atoms with van der Waals surface area (Å²) < 4.78 is 0. The molecular formula is C25H33N3OS+2. The molecule has 4 rings (SSSR count). The van der Waals surface area contributed by atoms with Gasteiger partial charge in [0, 0.05) is 16.7 Å². The van der Waals surface area contributed by atoms with Gasteiger partial charge in [-0.05, 0) is 30.2 Å². The number of rotatable bonds is 5. The minimum atomic E-state index is 0.277. The molecule has 1 atom stereocenters. The molecule has 2 aromatic rings. The molecule has 0 radical (unpaired) electrons. The van der Waals surface area contributed by atoms with Crippen molar-refractivity contribution in [2.45, 2.75) is 23.5 Å². The minimum Gasteiger partial charge on any atom is -0.322 e. The van der Waals surface area contributed by atoms with E-state index >= 15 is 0 Å². The van der Waals surface area contributed by atoms with Crippen LogP contribution in [-0.4, -0.2) is 57.0 Å². The zero-order valence-corrected chi connectivity index (χ0v) is 18.7. The van der Waals surface area contributed by atoms with Crippen molar-refractivity contribution >= 4 is 29.4 Å². The molecule has 30 heavy (non-hydrogen) atoms. The first-order chi connectivity index (χ1) is 14.7. The van der Waals surface area contributed by atoms with Crippen LogP contribution in [0.5, 0.6) is 0 Å². The van der Waals surface area contributed by atoms with Gasteiger partial charge in [0.15, 0.2) is 6.54 Å². The fraction of sp³-hybridized carbons (Fsp3) is 0.400. The number of benzene rings is 2. The molecule has 0 aliphatic carbocycles. The second-order valence-corrected chi connectivity index (χ2v) is 9.90. The summed E-state index contributed by atoms with van der Waals surface area (Å²) in [6.07, 6.45) is 5.55. The maximum Gasteiger partial charge on any atom is 0.282 e. The predicted molar refractivity (Wildman–Crippen MR) is 125 cm³/mol. The Morgan fingerprint density at radius 1 is 1.03 bits per heavy atom. The Hall–Kier alpha value is -2.08. The average Bonchev–Trinajstić information content (AvgIpc) is 2.94. The number of quaternary nitrogens is 2. The van der Waals surface area contributed by atoms with Crippen molar-refractivity contribution in [3.63, 3.8) is 0 Å². The summed E-state index contributed by atoms with van der Waals surface area (Å²) >= 11 is 1.90. The maximum atomic E-state index is 13.2. The summed E-state index contributed by atoms with van der Waals surface area (Å²) in [5.74, 6) is 0.277. The molecule has 0 unspecified atom stereocenters. The molecule has 2 aliphatic rings. The van der Waals surface area contributed by atoms with Crippen LogP contribution in [0.15, 0.2) is 65.6 Å². The van der Waals surface area contributed by atoms with Crippen molar-refractivity contribution in [1.82, 2.24) is 0 Å². The van der Waals surface area contributed by atoms with Crippen LogP contribution in [0.3, 0.4) is 0 Å². The number of carbonyl (C=O) groups is 1. The Balaban J connectivity index is 1.28. The molecule has 2 aliphatic heterocycles. The topological polar surface area (TPSA) is 29.2 Å². The van der Waals surface area contributed by atoms with Gasteiger partial charge in [-0.25, -0.2) is 0 Å². The third-order valence-corrected chi connectivity index (χ3v) is 7.36. The number of para-hydroxylation sites is 1. The SMILES string of the molecule is C[C@H]1CCN(C(=O)C[NH+]2CC[NH+](C/C=C/c3ccccc3)CC2)c2ccccc2S1. The normalized spacial score (nSPS) is 24.4. The van der Waals surface area contributed by atoms with Gasteiger partial charge < -0.3 is 14.7 Å². The van der Waals surface area contributed by atoms with Crippen LogP contribution in [0.2, 0.25) is 0 Å². The lowest BCUT2D eigenvalue weighted by Gasteiger charge is -2.30. The second kappa shape index (κ2) is 10.3. The van der Waals surface area contributed by atoms with Gasteiger partial charge in [-0.1, -0.05) is 55.5 Å². The average molecular weight is 424 g/mol. The van der Waals surface area contributed by atoms with Gasteiger partial charge in [0.2, 0.25) is 0 Å². The van der Waals surface area contributed by atoms with E-state index in [1.54, 1.807) is 4.90 Å². The number of amides is 1. The molecule has 5 heteroatoms. The molecule has 0 aromatic heterocycles. The number of carbonyl (C=O) groups excluding carboxylic acids is 1. The third-order valence-electron chi connectivity index (χ3n) is 6.13. The standard InChI is InChI=1S/C25H31N3OS/c1-21-13-15-28(23-11-5-6-12-24(23)30-21)25(29)20-27-18-16-26(17-19-27)14-7-10-22-8-3-2-4-9-22/h2-12,21H,13-20H2,1H3/p+2/b10-7+/t21-/m0/s1. The highest BCUT2D eigenvalue weighted by Gasteiger charge is 2.29. The highest BCUT2D eigenvalue weighted by Crippen LogP contribution is 2.37. The molecule has 1 amide bonds. The number of nitrogens with zero attached hydrogens (tertiary/aromatic N) is 1. The van der Waals surface area contributed by atoms with E-state index in [1.807, 2.05) is 22.7 Å². The largest absolute Gasteiger partial charge is 0.322 e. The number of hydrogen-bond donors (Lipinski definition) is 2. The smallest absolute Gasteiger partial charge is 0.282 e. The molecule has 0 saturated carbocycles. The fourth-order valence-corrected chi connectivity index (χ4v) is 5.43.